The number of likely N-dealkylation sites (tertiary alicyclic amines) is 1. The van der Waals surface area contributed by atoms with Crippen LogP contribution in [0.2, 0.25) is 0 Å². The number of amidine groups is 1. The minimum absolute atomic E-state index is 0.836. The quantitative estimate of drug-likeness (QED) is 0.661. The Morgan fingerprint density at radius 1 is 1.15 bits per heavy atom. The van der Waals surface area contributed by atoms with Crippen LogP contribution in [0.4, 0.5) is 0 Å². The molecule has 0 aromatic carbocycles. The molecule has 2 aliphatic rings. The minimum Gasteiger partial charge on any atom is -0.360 e. The molecule has 0 aromatic heterocycles. The lowest BCUT2D eigenvalue weighted by atomic mass is 9.96. The summed E-state index contributed by atoms with van der Waals surface area (Å²) in [6, 6.07) is 0. The van der Waals surface area contributed by atoms with E-state index in [-0.39, 0.29) is 0 Å². The summed E-state index contributed by atoms with van der Waals surface area (Å²) in [6.07, 6.45) is 12.6. The van der Waals surface area contributed by atoms with Crippen molar-refractivity contribution in [2.24, 2.45) is 10.9 Å². The average molecular weight is 362 g/mol. The predicted octanol–water partition coefficient (Wildman–Crippen LogP) is 3.43. The molecule has 5 heteroatoms. The van der Waals surface area contributed by atoms with Crippen LogP contribution < -0.4 is 0 Å². The van der Waals surface area contributed by atoms with Crippen LogP contribution in [0.3, 0.4) is 0 Å². The van der Waals surface area contributed by atoms with Crippen LogP contribution in [0.25, 0.3) is 0 Å². The van der Waals surface area contributed by atoms with Crippen molar-refractivity contribution in [1.82, 2.24) is 19.6 Å². The lowest BCUT2D eigenvalue weighted by Crippen LogP contribution is -2.33. The van der Waals surface area contributed by atoms with Crippen LogP contribution >= 0.6 is 0 Å². The minimum atomic E-state index is 0.836. The van der Waals surface area contributed by atoms with Crippen LogP contribution in [0.15, 0.2) is 29.3 Å². The molecule has 2 heterocycles. The van der Waals surface area contributed by atoms with Gasteiger partial charge in [-0.1, -0.05) is 13.8 Å². The van der Waals surface area contributed by atoms with Gasteiger partial charge in [-0.2, -0.15) is 0 Å². The van der Waals surface area contributed by atoms with Crippen molar-refractivity contribution < 1.29 is 0 Å². The first kappa shape index (κ1) is 20.8. The van der Waals surface area contributed by atoms with Crippen LogP contribution in [-0.4, -0.2) is 79.3 Å². The molecule has 2 rings (SSSR count). The molecule has 148 valence electrons. The molecular formula is C21H39N5. The Hall–Kier alpha value is -1.49. The molecule has 26 heavy (non-hydrogen) atoms. The zero-order valence-corrected chi connectivity index (χ0v) is 17.6. The van der Waals surface area contributed by atoms with E-state index in [1.807, 2.05) is 7.05 Å². The highest BCUT2D eigenvalue weighted by Gasteiger charge is 2.21. The van der Waals surface area contributed by atoms with Gasteiger partial charge >= 0.3 is 0 Å². The van der Waals surface area contributed by atoms with Crippen molar-refractivity contribution in [3.63, 3.8) is 0 Å². The third-order valence-electron chi connectivity index (χ3n) is 5.92. The highest BCUT2D eigenvalue weighted by atomic mass is 15.2. The summed E-state index contributed by atoms with van der Waals surface area (Å²) in [4.78, 5) is 14.1. The first-order valence-electron chi connectivity index (χ1n) is 10.3. The van der Waals surface area contributed by atoms with Gasteiger partial charge in [-0.3, -0.25) is 4.99 Å². The van der Waals surface area contributed by atoms with Crippen molar-refractivity contribution in [3.8, 4) is 0 Å². The third kappa shape index (κ3) is 6.04. The number of hydrogen-bond acceptors (Lipinski definition) is 4. The summed E-state index contributed by atoms with van der Waals surface area (Å²) in [5.74, 6) is 2.14. The standard InChI is InChI=1S/C21H39N5/c1-6-25(7-2)13-10-19-8-9-21(22-3)26(14-11-19)15-12-20-18-23(4)16-17-24(20)5/h16-19H,6-15H2,1-5H3/b22-21-. The summed E-state index contributed by atoms with van der Waals surface area (Å²) in [6.45, 7) is 10.3. The van der Waals surface area contributed by atoms with Crippen molar-refractivity contribution in [2.75, 3.05) is 53.9 Å². The molecule has 1 unspecified atom stereocenters. The molecule has 0 spiro atoms. The second kappa shape index (κ2) is 10.6. The molecule has 2 aliphatic heterocycles. The molecular weight excluding hydrogens is 322 g/mol. The molecule has 0 N–H and O–H groups in total. The van der Waals surface area contributed by atoms with E-state index >= 15 is 0 Å². The fraction of sp³-hybridized carbons (Fsp3) is 0.762. The molecule has 1 fully saturated rings. The van der Waals surface area contributed by atoms with Gasteiger partial charge in [-0.15, -0.1) is 0 Å². The van der Waals surface area contributed by atoms with E-state index < -0.39 is 0 Å². The lowest BCUT2D eigenvalue weighted by molar-refractivity contribution is 0.263. The van der Waals surface area contributed by atoms with Crippen molar-refractivity contribution >= 4 is 5.84 Å². The maximum atomic E-state index is 4.62. The van der Waals surface area contributed by atoms with E-state index in [1.54, 1.807) is 0 Å². The maximum absolute atomic E-state index is 4.62. The Morgan fingerprint density at radius 3 is 2.62 bits per heavy atom. The third-order valence-corrected chi connectivity index (χ3v) is 5.92. The molecule has 0 saturated carbocycles. The first-order valence-corrected chi connectivity index (χ1v) is 10.3. The normalized spacial score (nSPS) is 23.0. The van der Waals surface area contributed by atoms with Gasteiger partial charge in [-0.05, 0) is 44.8 Å². The zero-order valence-electron chi connectivity index (χ0n) is 17.6. The van der Waals surface area contributed by atoms with Crippen molar-refractivity contribution in [1.29, 1.82) is 0 Å². The van der Waals surface area contributed by atoms with Crippen molar-refractivity contribution in [3.05, 3.63) is 24.3 Å². The molecule has 1 saturated heterocycles. The van der Waals surface area contributed by atoms with Crippen molar-refractivity contribution in [2.45, 2.75) is 46.0 Å². The van der Waals surface area contributed by atoms with E-state index in [0.29, 0.717) is 0 Å². The Bertz CT molecular complexity index is 507. The summed E-state index contributed by atoms with van der Waals surface area (Å²) in [7, 11) is 6.19. The van der Waals surface area contributed by atoms with Gasteiger partial charge in [0.1, 0.15) is 0 Å². The SMILES string of the molecule is CCN(CC)CCC1CC/C(=N/C)N(CCC2=CN(C)C=CN2C)CC1. The highest BCUT2D eigenvalue weighted by Crippen LogP contribution is 2.24. The molecule has 0 amide bonds. The fourth-order valence-electron chi connectivity index (χ4n) is 3.95. The van der Waals surface area contributed by atoms with Gasteiger partial charge in [0.15, 0.2) is 0 Å². The highest BCUT2D eigenvalue weighted by molar-refractivity contribution is 5.82. The number of rotatable bonds is 8. The fourth-order valence-corrected chi connectivity index (χ4v) is 3.95. The van der Waals surface area contributed by atoms with Gasteiger partial charge in [0.05, 0.1) is 5.84 Å². The van der Waals surface area contributed by atoms with Crippen LogP contribution in [0.1, 0.15) is 46.0 Å². The van der Waals surface area contributed by atoms with Gasteiger partial charge < -0.3 is 19.6 Å². The second-order valence-corrected chi connectivity index (χ2v) is 7.58. The largest absolute Gasteiger partial charge is 0.360 e. The van der Waals surface area contributed by atoms with Gasteiger partial charge in [0, 0.05) is 71.4 Å². The topological polar surface area (TPSA) is 25.3 Å². The summed E-state index contributed by atoms with van der Waals surface area (Å²) in [5.41, 5.74) is 1.37. The van der Waals surface area contributed by atoms with Crippen LogP contribution in [-0.2, 0) is 0 Å². The monoisotopic (exact) mass is 361 g/mol. The average Bonchev–Trinajstić information content (AvgIpc) is 2.85. The van der Waals surface area contributed by atoms with E-state index in [1.165, 1.54) is 50.4 Å². The van der Waals surface area contributed by atoms with Crippen LogP contribution in [0, 0.1) is 5.92 Å². The molecule has 5 nitrogen and oxygen atoms in total. The van der Waals surface area contributed by atoms with E-state index in [2.05, 4.69) is 71.1 Å². The Labute approximate surface area is 161 Å². The maximum Gasteiger partial charge on any atom is 0.0985 e. The van der Waals surface area contributed by atoms with E-state index in [9.17, 15) is 0 Å². The Kier molecular flexibility index (Phi) is 8.49. The van der Waals surface area contributed by atoms with E-state index in [4.69, 9.17) is 0 Å². The second-order valence-electron chi connectivity index (χ2n) is 7.58. The first-order chi connectivity index (χ1) is 12.6. The predicted molar refractivity (Wildman–Crippen MR) is 112 cm³/mol. The molecule has 0 aliphatic carbocycles. The van der Waals surface area contributed by atoms with E-state index in [0.717, 1.165) is 31.8 Å². The zero-order chi connectivity index (χ0) is 18.9. The number of nitrogens with zero attached hydrogens (tertiary/aromatic N) is 5. The molecule has 0 radical (unpaired) electrons. The molecule has 0 bridgehead atoms. The Balaban J connectivity index is 1.87. The lowest BCUT2D eigenvalue weighted by Gasteiger charge is -2.29. The summed E-state index contributed by atoms with van der Waals surface area (Å²) >= 11 is 0. The van der Waals surface area contributed by atoms with Gasteiger partial charge in [0.25, 0.3) is 0 Å². The van der Waals surface area contributed by atoms with Crippen LogP contribution in [0.5, 0.6) is 0 Å². The smallest absolute Gasteiger partial charge is 0.0985 e. The Morgan fingerprint density at radius 2 is 1.92 bits per heavy atom. The van der Waals surface area contributed by atoms with Gasteiger partial charge in [0.2, 0.25) is 0 Å². The number of hydrogen-bond donors (Lipinski definition) is 0. The number of aliphatic imine (C=N–C) groups is 1. The molecule has 0 aromatic rings. The molecule has 1 atom stereocenters. The summed E-state index contributed by atoms with van der Waals surface area (Å²) in [5, 5.41) is 0. The van der Waals surface area contributed by atoms with Gasteiger partial charge in [-0.25, -0.2) is 0 Å². The summed E-state index contributed by atoms with van der Waals surface area (Å²) < 4.78 is 0.